The molecule has 3 aromatic heterocycles. The third-order valence-electron chi connectivity index (χ3n) is 5.06. The van der Waals surface area contributed by atoms with Gasteiger partial charge in [0.05, 0.1) is 24.2 Å². The smallest absolute Gasteiger partial charge is 0.242 e. The Hall–Kier alpha value is -2.13. The highest BCUT2D eigenvalue weighted by molar-refractivity contribution is 14.2. The Kier molecular flexibility index (Phi) is 6.64. The van der Waals surface area contributed by atoms with E-state index in [4.69, 9.17) is 24.7 Å². The lowest BCUT2D eigenvalue weighted by atomic mass is 10.3. The Labute approximate surface area is 212 Å². The molecular formula is C21H20I2N8O. The van der Waals surface area contributed by atoms with Crippen LogP contribution in [0.5, 0.6) is 0 Å². The molecule has 164 valence electrons. The number of rotatable bonds is 6. The summed E-state index contributed by atoms with van der Waals surface area (Å²) in [7, 11) is 0. The summed E-state index contributed by atoms with van der Waals surface area (Å²) in [5, 5.41) is 3.34. The first-order valence-electron chi connectivity index (χ1n) is 10.2. The number of fused-ring (bicyclic) bond motifs is 1. The van der Waals surface area contributed by atoms with Gasteiger partial charge in [-0.3, -0.25) is 9.55 Å². The average Bonchev–Trinajstić information content (AvgIpc) is 3.24. The molecule has 1 aliphatic heterocycles. The van der Waals surface area contributed by atoms with Crippen molar-refractivity contribution in [1.29, 1.82) is 0 Å². The third kappa shape index (κ3) is 4.64. The van der Waals surface area contributed by atoms with E-state index >= 15 is 0 Å². The van der Waals surface area contributed by atoms with Crippen molar-refractivity contribution in [2.24, 2.45) is 0 Å². The molecule has 0 bridgehead atoms. The highest BCUT2D eigenvalue weighted by atomic mass is 127. The summed E-state index contributed by atoms with van der Waals surface area (Å²) in [6, 6.07) is 12.0. The van der Waals surface area contributed by atoms with Gasteiger partial charge in [0.25, 0.3) is 0 Å². The summed E-state index contributed by atoms with van der Waals surface area (Å²) in [5.41, 5.74) is 2.94. The van der Waals surface area contributed by atoms with E-state index < -0.39 is 0 Å². The van der Waals surface area contributed by atoms with Gasteiger partial charge in [0.1, 0.15) is 7.76 Å². The first kappa shape index (κ1) is 21.7. The van der Waals surface area contributed by atoms with E-state index in [1.165, 1.54) is 0 Å². The number of imidazole rings is 1. The molecule has 32 heavy (non-hydrogen) atoms. The van der Waals surface area contributed by atoms with E-state index in [1.807, 2.05) is 47.2 Å². The Morgan fingerprint density at radius 3 is 2.56 bits per heavy atom. The number of ether oxygens (including phenoxy) is 1. The van der Waals surface area contributed by atoms with Crippen molar-refractivity contribution in [3.05, 3.63) is 60.2 Å². The number of para-hydroxylation sites is 2. The number of nitrogens with one attached hydrogen (secondary N) is 1. The molecule has 0 unspecified atom stereocenters. The summed E-state index contributed by atoms with van der Waals surface area (Å²) >= 11 is 4.73. The molecule has 5 rings (SSSR count). The van der Waals surface area contributed by atoms with Gasteiger partial charge in [-0.2, -0.15) is 15.0 Å². The highest BCUT2D eigenvalue weighted by Gasteiger charge is 2.22. The van der Waals surface area contributed by atoms with E-state index in [-0.39, 0.29) is 1.93 Å². The fourth-order valence-corrected chi connectivity index (χ4v) is 4.36. The summed E-state index contributed by atoms with van der Waals surface area (Å²) < 4.78 is 7.69. The predicted octanol–water partition coefficient (Wildman–Crippen LogP) is 3.92. The Balaban J connectivity index is 1.60. The normalized spacial score (nSPS) is 14.3. The number of morpholine rings is 1. The van der Waals surface area contributed by atoms with Gasteiger partial charge in [0.15, 0.2) is 0 Å². The van der Waals surface area contributed by atoms with Crippen LogP contribution in [0.1, 0.15) is 13.3 Å². The zero-order valence-electron chi connectivity index (χ0n) is 17.0. The van der Waals surface area contributed by atoms with Crippen molar-refractivity contribution in [2.45, 2.75) is 8.48 Å². The molecule has 0 aliphatic carbocycles. The first-order chi connectivity index (χ1) is 15.7. The van der Waals surface area contributed by atoms with Gasteiger partial charge in [-0.05, 0) is 23.8 Å². The number of hydrogen-bond acceptors (Lipinski definition) is 8. The molecule has 4 heterocycles. The van der Waals surface area contributed by atoms with Crippen LogP contribution in [0.25, 0.3) is 17.0 Å². The van der Waals surface area contributed by atoms with E-state index in [0.717, 1.165) is 35.5 Å². The van der Waals surface area contributed by atoms with E-state index in [1.54, 1.807) is 6.20 Å². The summed E-state index contributed by atoms with van der Waals surface area (Å²) in [6.07, 6.45) is 3.59. The minimum Gasteiger partial charge on any atom is -0.378 e. The molecule has 1 fully saturated rings. The third-order valence-corrected chi connectivity index (χ3v) is 6.18. The minimum absolute atomic E-state index is 0.146. The molecule has 11 heteroatoms. The van der Waals surface area contributed by atoms with Crippen molar-refractivity contribution in [3.8, 4) is 5.95 Å². The second-order valence-corrected chi connectivity index (χ2v) is 12.0. The van der Waals surface area contributed by atoms with Crippen molar-refractivity contribution in [1.82, 2.24) is 29.5 Å². The zero-order chi connectivity index (χ0) is 21.9. The number of pyridine rings is 1. The quantitative estimate of drug-likeness (QED) is 0.247. The lowest BCUT2D eigenvalue weighted by Crippen LogP contribution is -2.37. The van der Waals surface area contributed by atoms with Gasteiger partial charge in [-0.1, -0.05) is 63.4 Å². The summed E-state index contributed by atoms with van der Waals surface area (Å²) in [6.45, 7) is 3.36. The van der Waals surface area contributed by atoms with Gasteiger partial charge in [0.2, 0.25) is 17.8 Å². The Morgan fingerprint density at radius 2 is 1.78 bits per heavy atom. The molecule has 0 spiro atoms. The fourth-order valence-electron chi connectivity index (χ4n) is 3.52. The van der Waals surface area contributed by atoms with Crippen LogP contribution in [-0.2, 0) is 11.3 Å². The monoisotopic (exact) mass is 654 g/mol. The maximum atomic E-state index is 5.51. The second kappa shape index (κ2) is 9.79. The molecule has 0 amide bonds. The Morgan fingerprint density at radius 1 is 0.969 bits per heavy atom. The summed E-state index contributed by atoms with van der Waals surface area (Å²) in [4.78, 5) is 25.5. The van der Waals surface area contributed by atoms with E-state index in [9.17, 15) is 0 Å². The standard InChI is InChI=1S/C21H20I2N8O/c22-17(23)18-26-15-5-1-2-6-16(15)31(18)21-28-19(25-13-14-4-3-7-24-12-14)27-20(29-21)30-8-10-32-11-9-30/h1-7,12,17H,8-11,13H2,(H,25,27,28,29). The second-order valence-electron chi connectivity index (χ2n) is 7.17. The van der Waals surface area contributed by atoms with Gasteiger partial charge in [-0.15, -0.1) is 0 Å². The molecule has 0 radical (unpaired) electrons. The average molecular weight is 654 g/mol. The maximum Gasteiger partial charge on any atom is 0.242 e. The molecule has 4 aromatic rings. The number of alkyl halides is 2. The number of anilines is 2. The molecule has 1 saturated heterocycles. The lowest BCUT2D eigenvalue weighted by Gasteiger charge is -2.27. The first-order valence-corrected chi connectivity index (χ1v) is 12.7. The molecule has 1 aromatic carbocycles. The SMILES string of the molecule is IC(I)c1nc2ccccc2n1-c1nc(NCc2cccnc2)nc(N2CCOCC2)n1. The minimum atomic E-state index is 0.146. The van der Waals surface area contributed by atoms with Gasteiger partial charge >= 0.3 is 0 Å². The Bertz CT molecular complexity index is 1210. The number of hydrogen-bond donors (Lipinski definition) is 1. The van der Waals surface area contributed by atoms with Crippen LogP contribution in [0.2, 0.25) is 0 Å². The van der Waals surface area contributed by atoms with Crippen molar-refractivity contribution >= 4 is 68.1 Å². The number of benzene rings is 1. The zero-order valence-corrected chi connectivity index (χ0v) is 21.3. The van der Waals surface area contributed by atoms with Crippen LogP contribution < -0.4 is 10.2 Å². The molecule has 1 N–H and O–H groups in total. The van der Waals surface area contributed by atoms with Crippen LogP contribution in [0.3, 0.4) is 0 Å². The maximum absolute atomic E-state index is 5.51. The van der Waals surface area contributed by atoms with Crippen LogP contribution in [-0.4, -0.2) is 55.8 Å². The van der Waals surface area contributed by atoms with Crippen molar-refractivity contribution in [3.63, 3.8) is 0 Å². The van der Waals surface area contributed by atoms with E-state index in [0.29, 0.717) is 37.6 Å². The van der Waals surface area contributed by atoms with Crippen LogP contribution in [0, 0.1) is 0 Å². The molecular weight excluding hydrogens is 634 g/mol. The molecule has 0 atom stereocenters. The summed E-state index contributed by atoms with van der Waals surface area (Å²) in [5.74, 6) is 2.60. The van der Waals surface area contributed by atoms with Crippen molar-refractivity contribution < 1.29 is 4.74 Å². The fraction of sp³-hybridized carbons (Fsp3) is 0.286. The number of aromatic nitrogens is 6. The van der Waals surface area contributed by atoms with Gasteiger partial charge in [0, 0.05) is 32.0 Å². The molecule has 0 saturated carbocycles. The number of nitrogens with zero attached hydrogens (tertiary/aromatic N) is 7. The number of halogens is 2. The lowest BCUT2D eigenvalue weighted by molar-refractivity contribution is 0.122. The van der Waals surface area contributed by atoms with Gasteiger partial charge in [-0.25, -0.2) is 4.98 Å². The largest absolute Gasteiger partial charge is 0.378 e. The van der Waals surface area contributed by atoms with Crippen molar-refractivity contribution in [2.75, 3.05) is 36.5 Å². The van der Waals surface area contributed by atoms with E-state index in [2.05, 4.69) is 60.4 Å². The van der Waals surface area contributed by atoms with Crippen LogP contribution >= 0.6 is 45.2 Å². The van der Waals surface area contributed by atoms with Crippen LogP contribution in [0.15, 0.2) is 48.8 Å². The molecule has 9 nitrogen and oxygen atoms in total. The molecule has 1 aliphatic rings. The highest BCUT2D eigenvalue weighted by Crippen LogP contribution is 2.34. The van der Waals surface area contributed by atoms with Crippen LogP contribution in [0.4, 0.5) is 11.9 Å². The predicted molar refractivity (Wildman–Crippen MR) is 140 cm³/mol. The van der Waals surface area contributed by atoms with Gasteiger partial charge < -0.3 is 15.0 Å². The topological polar surface area (TPSA) is 93.9 Å².